The summed E-state index contributed by atoms with van der Waals surface area (Å²) in [4.78, 5) is 11.8. The summed E-state index contributed by atoms with van der Waals surface area (Å²) in [6.45, 7) is 1.91. The molecule has 18 heavy (non-hydrogen) atoms. The smallest absolute Gasteiger partial charge is 0.339 e. The Labute approximate surface area is 110 Å². The summed E-state index contributed by atoms with van der Waals surface area (Å²) >= 11 is 1.66. The molecule has 0 fully saturated rings. The molecule has 0 saturated heterocycles. The van der Waals surface area contributed by atoms with Crippen LogP contribution in [0.3, 0.4) is 0 Å². The van der Waals surface area contributed by atoms with Gasteiger partial charge in [-0.05, 0) is 47.0 Å². The van der Waals surface area contributed by atoms with E-state index in [2.05, 4.69) is 17.5 Å². The number of benzene rings is 1. The van der Waals surface area contributed by atoms with Crippen molar-refractivity contribution in [3.63, 3.8) is 0 Å². The van der Waals surface area contributed by atoms with Crippen molar-refractivity contribution in [2.24, 2.45) is 0 Å². The zero-order valence-electron chi connectivity index (χ0n) is 9.92. The van der Waals surface area contributed by atoms with Crippen molar-refractivity contribution in [2.45, 2.75) is 13.0 Å². The number of carbonyl (C=O) groups excluding carboxylic acids is 1. The van der Waals surface area contributed by atoms with Gasteiger partial charge in [0.2, 0.25) is 0 Å². The van der Waals surface area contributed by atoms with Gasteiger partial charge >= 0.3 is 5.97 Å². The third-order valence-corrected chi connectivity index (χ3v) is 3.75. The van der Waals surface area contributed by atoms with Crippen LogP contribution in [0.15, 0.2) is 41.1 Å². The number of ether oxygens (including phenoxy) is 1. The number of hydrogen-bond acceptors (Lipinski definition) is 3. The molecule has 0 spiro atoms. The van der Waals surface area contributed by atoms with Crippen molar-refractivity contribution in [3.05, 3.63) is 57.8 Å². The monoisotopic (exact) mass is 256 g/mol. The maximum Gasteiger partial charge on any atom is 0.339 e. The van der Waals surface area contributed by atoms with Gasteiger partial charge in [-0.1, -0.05) is 18.2 Å². The Morgan fingerprint density at radius 1 is 1.22 bits per heavy atom. The van der Waals surface area contributed by atoms with Gasteiger partial charge in [-0.3, -0.25) is 0 Å². The van der Waals surface area contributed by atoms with Crippen LogP contribution >= 0.6 is 11.3 Å². The zero-order valence-corrected chi connectivity index (χ0v) is 10.7. The van der Waals surface area contributed by atoms with Crippen LogP contribution in [-0.2, 0) is 4.74 Å². The average Bonchev–Trinajstić information content (AvgIpc) is 2.87. The number of cyclic esters (lactones) is 1. The van der Waals surface area contributed by atoms with Crippen LogP contribution in [0.1, 0.15) is 28.4 Å². The predicted octanol–water partition coefficient (Wildman–Crippen LogP) is 3.85. The van der Waals surface area contributed by atoms with Gasteiger partial charge in [-0.15, -0.1) is 0 Å². The first-order valence-electron chi connectivity index (χ1n) is 5.80. The fraction of sp³-hybridized carbons (Fsp3) is 0.133. The van der Waals surface area contributed by atoms with E-state index in [-0.39, 0.29) is 12.1 Å². The summed E-state index contributed by atoms with van der Waals surface area (Å²) in [7, 11) is 0. The van der Waals surface area contributed by atoms with Gasteiger partial charge in [0.15, 0.2) is 0 Å². The first-order valence-corrected chi connectivity index (χ1v) is 6.74. The van der Waals surface area contributed by atoms with Crippen LogP contribution in [-0.4, -0.2) is 12.1 Å². The molecule has 2 nitrogen and oxygen atoms in total. The first-order chi connectivity index (χ1) is 8.75. The second-order valence-electron chi connectivity index (χ2n) is 4.25. The van der Waals surface area contributed by atoms with E-state index in [4.69, 9.17) is 4.74 Å². The lowest BCUT2D eigenvalue weighted by molar-refractivity contribution is 0.0421. The standard InChI is InChI=1S/C15H12O2S/c1-10-14(8-11-6-7-18-9-11)12-4-2-3-5-13(12)15(16)17-10/h2-10H,1H3/b14-8+. The van der Waals surface area contributed by atoms with E-state index < -0.39 is 0 Å². The second kappa shape index (κ2) is 4.42. The minimum atomic E-state index is -0.236. The molecule has 0 saturated carbocycles. The van der Waals surface area contributed by atoms with E-state index in [1.54, 1.807) is 11.3 Å². The van der Waals surface area contributed by atoms with E-state index >= 15 is 0 Å². The first kappa shape index (κ1) is 11.2. The normalized spacial score (nSPS) is 20.6. The molecular weight excluding hydrogens is 244 g/mol. The molecule has 1 aliphatic heterocycles. The number of esters is 1. The quantitative estimate of drug-likeness (QED) is 0.724. The highest BCUT2D eigenvalue weighted by molar-refractivity contribution is 7.08. The topological polar surface area (TPSA) is 26.3 Å². The molecule has 0 bridgehead atoms. The lowest BCUT2D eigenvalue weighted by atomic mass is 9.92. The minimum absolute atomic E-state index is 0.202. The number of hydrogen-bond donors (Lipinski definition) is 0. The highest BCUT2D eigenvalue weighted by atomic mass is 32.1. The number of rotatable bonds is 1. The molecule has 1 atom stereocenters. The Morgan fingerprint density at radius 3 is 2.72 bits per heavy atom. The second-order valence-corrected chi connectivity index (χ2v) is 5.03. The lowest BCUT2D eigenvalue weighted by Gasteiger charge is -2.24. The van der Waals surface area contributed by atoms with Crippen molar-refractivity contribution in [3.8, 4) is 0 Å². The molecule has 2 aromatic rings. The van der Waals surface area contributed by atoms with Crippen LogP contribution in [0.2, 0.25) is 0 Å². The van der Waals surface area contributed by atoms with Gasteiger partial charge in [-0.2, -0.15) is 11.3 Å². The minimum Gasteiger partial charge on any atom is -0.454 e. The SMILES string of the molecule is CC1OC(=O)c2ccccc2/C1=C/c1ccsc1. The molecule has 0 amide bonds. The molecular formula is C15H12O2S. The summed E-state index contributed by atoms with van der Waals surface area (Å²) in [6.07, 6.45) is 1.89. The van der Waals surface area contributed by atoms with E-state index in [1.807, 2.05) is 36.6 Å². The van der Waals surface area contributed by atoms with Crippen LogP contribution in [0.25, 0.3) is 11.6 Å². The van der Waals surface area contributed by atoms with Gasteiger partial charge in [0.05, 0.1) is 5.56 Å². The summed E-state index contributed by atoms with van der Waals surface area (Å²) in [5.41, 5.74) is 3.84. The van der Waals surface area contributed by atoms with Crippen LogP contribution < -0.4 is 0 Å². The van der Waals surface area contributed by atoms with E-state index in [1.165, 1.54) is 0 Å². The molecule has 3 rings (SSSR count). The molecule has 1 aromatic carbocycles. The Kier molecular flexibility index (Phi) is 2.76. The highest BCUT2D eigenvalue weighted by Gasteiger charge is 2.27. The third kappa shape index (κ3) is 1.87. The van der Waals surface area contributed by atoms with Gasteiger partial charge in [0.25, 0.3) is 0 Å². The molecule has 0 aliphatic carbocycles. The number of thiophene rings is 1. The Balaban J connectivity index is 2.15. The van der Waals surface area contributed by atoms with Crippen molar-refractivity contribution in [2.75, 3.05) is 0 Å². The van der Waals surface area contributed by atoms with E-state index in [0.29, 0.717) is 5.56 Å². The Morgan fingerprint density at radius 2 is 2.00 bits per heavy atom. The van der Waals surface area contributed by atoms with Crippen LogP contribution in [0.5, 0.6) is 0 Å². The predicted molar refractivity (Wildman–Crippen MR) is 73.5 cm³/mol. The third-order valence-electron chi connectivity index (χ3n) is 3.05. The Hall–Kier alpha value is -1.87. The number of fused-ring (bicyclic) bond motifs is 1. The molecule has 0 radical (unpaired) electrons. The molecule has 1 aromatic heterocycles. The van der Waals surface area contributed by atoms with Gasteiger partial charge in [0.1, 0.15) is 6.10 Å². The fourth-order valence-corrected chi connectivity index (χ4v) is 2.77. The Bertz CT molecular complexity index is 611. The maximum absolute atomic E-state index is 11.8. The summed E-state index contributed by atoms with van der Waals surface area (Å²) in [6, 6.07) is 9.66. The molecule has 2 heterocycles. The molecule has 0 N–H and O–H groups in total. The van der Waals surface area contributed by atoms with Gasteiger partial charge < -0.3 is 4.74 Å². The molecule has 1 unspecified atom stereocenters. The van der Waals surface area contributed by atoms with E-state index in [9.17, 15) is 4.79 Å². The zero-order chi connectivity index (χ0) is 12.5. The average molecular weight is 256 g/mol. The van der Waals surface area contributed by atoms with Crippen LogP contribution in [0.4, 0.5) is 0 Å². The summed E-state index contributed by atoms with van der Waals surface area (Å²) in [5, 5.41) is 4.12. The molecule has 90 valence electrons. The van der Waals surface area contributed by atoms with Crippen molar-refractivity contribution in [1.82, 2.24) is 0 Å². The summed E-state index contributed by atoms with van der Waals surface area (Å²) < 4.78 is 5.37. The summed E-state index contributed by atoms with van der Waals surface area (Å²) in [5.74, 6) is -0.236. The highest BCUT2D eigenvalue weighted by Crippen LogP contribution is 2.32. The fourth-order valence-electron chi connectivity index (χ4n) is 2.15. The van der Waals surface area contributed by atoms with Gasteiger partial charge in [-0.25, -0.2) is 4.79 Å². The largest absolute Gasteiger partial charge is 0.454 e. The lowest BCUT2D eigenvalue weighted by Crippen LogP contribution is -2.24. The van der Waals surface area contributed by atoms with Crippen molar-refractivity contribution >= 4 is 29.0 Å². The van der Waals surface area contributed by atoms with Crippen molar-refractivity contribution in [1.29, 1.82) is 0 Å². The maximum atomic E-state index is 11.8. The number of carbonyl (C=O) groups is 1. The van der Waals surface area contributed by atoms with Gasteiger partial charge in [0, 0.05) is 5.57 Å². The molecule has 3 heteroatoms. The molecule has 1 aliphatic rings. The van der Waals surface area contributed by atoms with Crippen LogP contribution in [0, 0.1) is 0 Å². The van der Waals surface area contributed by atoms with E-state index in [0.717, 1.165) is 16.7 Å². The van der Waals surface area contributed by atoms with Crippen molar-refractivity contribution < 1.29 is 9.53 Å².